The Balaban J connectivity index is 3.07. The molecule has 1 N–H and O–H groups in total. The van der Waals surface area contributed by atoms with E-state index in [4.69, 9.17) is 10.2 Å². The zero-order chi connectivity index (χ0) is 15.9. The molecular formula is C11H19NO4. The van der Waals surface area contributed by atoms with Gasteiger partial charge in [0.15, 0.2) is 0 Å². The molecule has 0 aromatic carbocycles. The number of ether oxygens (including phenoxy) is 1. The third-order valence-electron chi connectivity index (χ3n) is 2.03. The molecule has 5 nitrogen and oxygen atoms in total. The average Bonchev–Trinajstić information content (AvgIpc) is 2.45. The fourth-order valence-electron chi connectivity index (χ4n) is 1.38. The summed E-state index contributed by atoms with van der Waals surface area (Å²) in [4.78, 5) is 24.6. The van der Waals surface area contributed by atoms with Gasteiger partial charge in [0.2, 0.25) is 5.91 Å². The van der Waals surface area contributed by atoms with Crippen molar-refractivity contribution in [1.82, 2.24) is 4.90 Å². The molecule has 16 heavy (non-hydrogen) atoms. The first-order valence-corrected chi connectivity index (χ1v) is 4.99. The van der Waals surface area contributed by atoms with E-state index in [1.165, 1.54) is 0 Å². The van der Waals surface area contributed by atoms with Gasteiger partial charge in [0, 0.05) is 11.4 Å². The topological polar surface area (TPSA) is 66.8 Å². The molecule has 0 radical (unpaired) electrons. The lowest BCUT2D eigenvalue weighted by Gasteiger charge is -2.26. The summed E-state index contributed by atoms with van der Waals surface area (Å²) in [6, 6.07) is -1.21. The summed E-state index contributed by atoms with van der Waals surface area (Å²) in [5.41, 5.74) is -0.868. The highest BCUT2D eigenvalue weighted by atomic mass is 16.6. The normalized spacial score (nSPS) is 35.1. The maximum absolute atomic E-state index is 12.1. The molecule has 1 fully saturated rings. The van der Waals surface area contributed by atoms with Crippen molar-refractivity contribution in [2.24, 2.45) is 5.92 Å². The molecule has 5 heteroatoms. The number of likely N-dealkylation sites (tertiary alicyclic amines) is 1. The SMILES string of the molecule is [2H][C@H]1[C@@H](CO)N(C(=O)OC(C)(C)C)C(=O)[C@H]1C([2H])([2H])[2H]. The van der Waals surface area contributed by atoms with Crippen LogP contribution < -0.4 is 0 Å². The van der Waals surface area contributed by atoms with Gasteiger partial charge in [-0.2, -0.15) is 0 Å². The summed E-state index contributed by atoms with van der Waals surface area (Å²) < 4.78 is 34.7. The summed E-state index contributed by atoms with van der Waals surface area (Å²) >= 11 is 0. The number of aliphatic hydroxyl groups is 1. The molecule has 1 heterocycles. The predicted molar refractivity (Wildman–Crippen MR) is 57.7 cm³/mol. The fraction of sp³-hybridized carbons (Fsp3) is 0.818. The second-order valence-corrected chi connectivity index (χ2v) is 4.61. The largest absolute Gasteiger partial charge is 0.443 e. The lowest BCUT2D eigenvalue weighted by molar-refractivity contribution is -0.131. The Morgan fingerprint density at radius 2 is 2.38 bits per heavy atom. The Morgan fingerprint density at radius 1 is 1.75 bits per heavy atom. The van der Waals surface area contributed by atoms with E-state index in [-0.39, 0.29) is 0 Å². The molecule has 0 aromatic heterocycles. The van der Waals surface area contributed by atoms with Crippen molar-refractivity contribution in [2.75, 3.05) is 6.61 Å². The standard InChI is InChI=1S/C11H19NO4/c1-7-5-8(6-13)12(9(7)14)10(15)16-11(2,3)4/h7-8,13H,5-6H2,1-4H3/t7-,8-/m0/s1/i1D3,5D/t5-,7+,8+/m1. The molecular weight excluding hydrogens is 210 g/mol. The number of amides is 2. The molecule has 2 amide bonds. The Morgan fingerprint density at radius 3 is 2.81 bits per heavy atom. The number of imide groups is 1. The van der Waals surface area contributed by atoms with Crippen LogP contribution in [0.5, 0.6) is 0 Å². The zero-order valence-corrected chi connectivity index (χ0v) is 9.56. The first-order valence-electron chi connectivity index (χ1n) is 7.07. The monoisotopic (exact) mass is 233 g/mol. The number of carbonyl (C=O) groups is 2. The van der Waals surface area contributed by atoms with Crippen molar-refractivity contribution in [1.29, 1.82) is 0 Å². The van der Waals surface area contributed by atoms with Crippen molar-refractivity contribution >= 4 is 12.0 Å². The van der Waals surface area contributed by atoms with E-state index in [9.17, 15) is 14.7 Å². The second-order valence-electron chi connectivity index (χ2n) is 4.61. The van der Waals surface area contributed by atoms with Gasteiger partial charge in [0.05, 0.1) is 12.6 Å². The van der Waals surface area contributed by atoms with Gasteiger partial charge in [0.1, 0.15) is 5.60 Å². The minimum absolute atomic E-state index is 0.556. The molecule has 1 rings (SSSR count). The Bertz CT molecular complexity index is 404. The molecule has 0 aromatic rings. The van der Waals surface area contributed by atoms with Crippen LogP contribution in [0.25, 0.3) is 0 Å². The fourth-order valence-corrected chi connectivity index (χ4v) is 1.38. The van der Waals surface area contributed by atoms with Gasteiger partial charge in [0.25, 0.3) is 0 Å². The third kappa shape index (κ3) is 2.72. The van der Waals surface area contributed by atoms with E-state index in [1.807, 2.05) is 0 Å². The zero-order valence-electron chi connectivity index (χ0n) is 13.6. The Labute approximate surface area is 101 Å². The van der Waals surface area contributed by atoms with Crippen LogP contribution in [-0.2, 0) is 9.53 Å². The summed E-state index contributed by atoms with van der Waals surface area (Å²) in [5.74, 6) is -2.63. The highest BCUT2D eigenvalue weighted by molar-refractivity contribution is 5.95. The van der Waals surface area contributed by atoms with Crippen LogP contribution in [0.15, 0.2) is 0 Å². The highest BCUT2D eigenvalue weighted by Crippen LogP contribution is 2.26. The molecule has 0 bridgehead atoms. The van der Waals surface area contributed by atoms with E-state index in [2.05, 4.69) is 0 Å². The van der Waals surface area contributed by atoms with Crippen LogP contribution in [0.2, 0.25) is 0 Å². The van der Waals surface area contributed by atoms with Gasteiger partial charge < -0.3 is 9.84 Å². The van der Waals surface area contributed by atoms with Crippen LogP contribution >= 0.6 is 0 Å². The number of rotatable bonds is 1. The number of aliphatic hydroxyl groups excluding tert-OH is 1. The van der Waals surface area contributed by atoms with Crippen molar-refractivity contribution < 1.29 is 24.9 Å². The summed E-state index contributed by atoms with van der Waals surface area (Å²) in [6.45, 7) is 1.41. The molecule has 0 spiro atoms. The maximum atomic E-state index is 12.1. The second kappa shape index (κ2) is 4.41. The molecule has 1 aliphatic heterocycles. The molecule has 0 saturated carbocycles. The van der Waals surface area contributed by atoms with E-state index in [0.717, 1.165) is 0 Å². The van der Waals surface area contributed by atoms with E-state index < -0.39 is 49.4 Å². The number of carbonyl (C=O) groups excluding carboxylic acids is 2. The van der Waals surface area contributed by atoms with Crippen molar-refractivity contribution in [3.8, 4) is 0 Å². The smallest absolute Gasteiger partial charge is 0.417 e. The number of hydrogen-bond donors (Lipinski definition) is 1. The molecule has 92 valence electrons. The first kappa shape index (κ1) is 8.06. The van der Waals surface area contributed by atoms with Crippen LogP contribution in [-0.4, -0.2) is 40.3 Å². The molecule has 0 unspecified atom stereocenters. The first-order chi connectivity index (χ1) is 8.90. The predicted octanol–water partition coefficient (Wildman–Crippen LogP) is 1.15. The Kier molecular flexibility index (Phi) is 2.22. The van der Waals surface area contributed by atoms with Gasteiger partial charge in [-0.05, 0) is 27.2 Å². The van der Waals surface area contributed by atoms with Crippen molar-refractivity contribution in [3.63, 3.8) is 0 Å². The Hall–Kier alpha value is -1.10. The summed E-state index contributed by atoms with van der Waals surface area (Å²) in [7, 11) is 0. The van der Waals surface area contributed by atoms with E-state index >= 15 is 0 Å². The molecule has 3 atom stereocenters. The van der Waals surface area contributed by atoms with Gasteiger partial charge in [-0.1, -0.05) is 6.85 Å². The van der Waals surface area contributed by atoms with Crippen LogP contribution in [0.1, 0.15) is 39.5 Å². The van der Waals surface area contributed by atoms with Gasteiger partial charge in [-0.25, -0.2) is 9.69 Å². The quantitative estimate of drug-likeness (QED) is 0.737. The maximum Gasteiger partial charge on any atom is 0.417 e. The lowest BCUT2D eigenvalue weighted by Crippen LogP contribution is -2.44. The minimum Gasteiger partial charge on any atom is -0.443 e. The highest BCUT2D eigenvalue weighted by Gasteiger charge is 2.42. The van der Waals surface area contributed by atoms with Crippen molar-refractivity contribution in [2.45, 2.75) is 45.7 Å². The van der Waals surface area contributed by atoms with Crippen LogP contribution in [0, 0.1) is 5.92 Å². The van der Waals surface area contributed by atoms with Crippen LogP contribution in [0.4, 0.5) is 4.79 Å². The third-order valence-corrected chi connectivity index (χ3v) is 2.03. The minimum atomic E-state index is -2.70. The van der Waals surface area contributed by atoms with E-state index in [1.54, 1.807) is 20.8 Å². The molecule has 0 aliphatic carbocycles. The molecule has 1 saturated heterocycles. The lowest BCUT2D eigenvalue weighted by atomic mass is 10.1. The van der Waals surface area contributed by atoms with Gasteiger partial charge >= 0.3 is 6.09 Å². The van der Waals surface area contributed by atoms with E-state index in [0.29, 0.717) is 4.90 Å². The van der Waals surface area contributed by atoms with Crippen LogP contribution in [0.3, 0.4) is 0 Å². The average molecular weight is 233 g/mol. The number of hydrogen-bond acceptors (Lipinski definition) is 4. The molecule has 1 aliphatic rings. The number of nitrogens with zero attached hydrogens (tertiary/aromatic N) is 1. The van der Waals surface area contributed by atoms with Gasteiger partial charge in [-0.3, -0.25) is 4.79 Å². The summed E-state index contributed by atoms with van der Waals surface area (Å²) in [5, 5.41) is 9.25. The van der Waals surface area contributed by atoms with Gasteiger partial charge in [-0.15, -0.1) is 0 Å². The summed E-state index contributed by atoms with van der Waals surface area (Å²) in [6.07, 6.45) is -2.45. The van der Waals surface area contributed by atoms with Crippen molar-refractivity contribution in [3.05, 3.63) is 0 Å².